The first kappa shape index (κ1) is 11.0. The molecule has 78 valence electrons. The van der Waals surface area contributed by atoms with Gasteiger partial charge in [0.1, 0.15) is 0 Å². The summed E-state index contributed by atoms with van der Waals surface area (Å²) in [5, 5.41) is 3.07. The Labute approximate surface area is 88.7 Å². The molecule has 1 aromatic rings. The fraction of sp³-hybridized carbons (Fsp3) is 0.556. The van der Waals surface area contributed by atoms with E-state index >= 15 is 0 Å². The molecule has 1 N–H and O–H groups in total. The predicted molar refractivity (Wildman–Crippen MR) is 57.1 cm³/mol. The second kappa shape index (κ2) is 5.65. The molecule has 0 unspecified atom stereocenters. The van der Waals surface area contributed by atoms with Gasteiger partial charge in [0.25, 0.3) is 0 Å². The molecule has 0 spiro atoms. The second-order valence-corrected chi connectivity index (χ2v) is 3.22. The minimum atomic E-state index is 0.575. The normalized spacial score (nSPS) is 9.93. The first-order chi connectivity index (χ1) is 6.76. The van der Waals surface area contributed by atoms with Gasteiger partial charge in [-0.15, -0.1) is 11.6 Å². The van der Waals surface area contributed by atoms with Crippen LogP contribution in [0.5, 0.6) is 5.88 Å². The largest absolute Gasteiger partial charge is 0.481 e. The second-order valence-electron chi connectivity index (χ2n) is 2.84. The molecule has 0 aromatic carbocycles. The molecule has 0 fully saturated rings. The van der Waals surface area contributed by atoms with Crippen LogP contribution in [0, 0.1) is 6.92 Å². The van der Waals surface area contributed by atoms with E-state index in [0.29, 0.717) is 17.7 Å². The highest BCUT2D eigenvalue weighted by Gasteiger charge is 2.00. The van der Waals surface area contributed by atoms with Gasteiger partial charge >= 0.3 is 0 Å². The van der Waals surface area contributed by atoms with Crippen LogP contribution < -0.4 is 10.1 Å². The number of anilines is 1. The van der Waals surface area contributed by atoms with E-state index in [1.807, 2.05) is 6.92 Å². The highest BCUT2D eigenvalue weighted by atomic mass is 35.5. The fourth-order valence-electron chi connectivity index (χ4n) is 0.990. The molecule has 0 atom stereocenters. The van der Waals surface area contributed by atoms with E-state index in [0.717, 1.165) is 18.7 Å². The van der Waals surface area contributed by atoms with Crippen LogP contribution in [0.4, 0.5) is 5.95 Å². The van der Waals surface area contributed by atoms with Crippen LogP contribution in [0.1, 0.15) is 12.1 Å². The van der Waals surface area contributed by atoms with E-state index in [-0.39, 0.29) is 0 Å². The Bertz CT molecular complexity index is 293. The fourth-order valence-corrected chi connectivity index (χ4v) is 1.12. The maximum absolute atomic E-state index is 5.55. The molecule has 0 bridgehead atoms. The van der Waals surface area contributed by atoms with E-state index in [1.54, 1.807) is 13.2 Å². The first-order valence-electron chi connectivity index (χ1n) is 4.45. The molecule has 14 heavy (non-hydrogen) atoms. The van der Waals surface area contributed by atoms with Gasteiger partial charge in [0.15, 0.2) is 0 Å². The Balaban J connectivity index is 2.62. The number of nitrogens with one attached hydrogen (secondary N) is 1. The van der Waals surface area contributed by atoms with Crippen molar-refractivity contribution in [1.82, 2.24) is 9.97 Å². The van der Waals surface area contributed by atoms with Crippen molar-refractivity contribution < 1.29 is 4.74 Å². The van der Waals surface area contributed by atoms with Gasteiger partial charge in [-0.05, 0) is 13.3 Å². The van der Waals surface area contributed by atoms with Gasteiger partial charge in [-0.1, -0.05) is 0 Å². The number of hydrogen-bond acceptors (Lipinski definition) is 4. The molecule has 0 aliphatic heterocycles. The van der Waals surface area contributed by atoms with Gasteiger partial charge in [0.05, 0.1) is 7.11 Å². The predicted octanol–water partition coefficient (Wildman–Crippen LogP) is 1.83. The average Bonchev–Trinajstić information content (AvgIpc) is 2.17. The Morgan fingerprint density at radius 3 is 2.93 bits per heavy atom. The topological polar surface area (TPSA) is 47.0 Å². The monoisotopic (exact) mass is 215 g/mol. The van der Waals surface area contributed by atoms with E-state index in [4.69, 9.17) is 16.3 Å². The zero-order valence-corrected chi connectivity index (χ0v) is 9.14. The van der Waals surface area contributed by atoms with E-state index in [9.17, 15) is 0 Å². The number of hydrogen-bond donors (Lipinski definition) is 1. The summed E-state index contributed by atoms with van der Waals surface area (Å²) in [4.78, 5) is 8.34. The first-order valence-corrected chi connectivity index (χ1v) is 4.99. The van der Waals surface area contributed by atoms with Gasteiger partial charge in [-0.3, -0.25) is 0 Å². The number of aromatic nitrogens is 2. The molecule has 5 heteroatoms. The summed E-state index contributed by atoms with van der Waals surface area (Å²) in [7, 11) is 1.59. The molecule has 0 aliphatic carbocycles. The van der Waals surface area contributed by atoms with Gasteiger partial charge in [0, 0.05) is 24.2 Å². The Hall–Kier alpha value is -1.03. The van der Waals surface area contributed by atoms with Crippen molar-refractivity contribution in [3.8, 4) is 5.88 Å². The van der Waals surface area contributed by atoms with Crippen molar-refractivity contribution in [3.05, 3.63) is 11.8 Å². The zero-order chi connectivity index (χ0) is 10.4. The zero-order valence-electron chi connectivity index (χ0n) is 8.38. The third kappa shape index (κ3) is 3.38. The number of methoxy groups -OCH3 is 1. The number of rotatable bonds is 5. The summed E-state index contributed by atoms with van der Waals surface area (Å²) in [5.41, 5.74) is 0.880. The van der Waals surface area contributed by atoms with Crippen LogP contribution in [0.15, 0.2) is 6.07 Å². The number of alkyl halides is 1. The number of ether oxygens (including phenoxy) is 1. The quantitative estimate of drug-likeness (QED) is 0.602. The molecule has 0 saturated heterocycles. The van der Waals surface area contributed by atoms with Crippen molar-refractivity contribution in [2.45, 2.75) is 13.3 Å². The van der Waals surface area contributed by atoms with Crippen LogP contribution in [-0.2, 0) is 0 Å². The van der Waals surface area contributed by atoms with Gasteiger partial charge in [0.2, 0.25) is 11.8 Å². The maximum Gasteiger partial charge on any atom is 0.226 e. The summed E-state index contributed by atoms with van der Waals surface area (Å²) >= 11 is 5.55. The molecule has 0 saturated carbocycles. The Morgan fingerprint density at radius 1 is 1.50 bits per heavy atom. The molecule has 4 nitrogen and oxygen atoms in total. The SMILES string of the molecule is COc1cc(C)nc(NCCCCl)n1. The summed E-state index contributed by atoms with van der Waals surface area (Å²) in [6.07, 6.45) is 0.890. The molecule has 0 aliphatic rings. The third-order valence-corrected chi connectivity index (χ3v) is 1.90. The number of halogens is 1. The summed E-state index contributed by atoms with van der Waals surface area (Å²) in [5.74, 6) is 1.80. The lowest BCUT2D eigenvalue weighted by Gasteiger charge is -2.06. The molecule has 0 amide bonds. The molecule has 0 radical (unpaired) electrons. The highest BCUT2D eigenvalue weighted by molar-refractivity contribution is 6.17. The smallest absolute Gasteiger partial charge is 0.226 e. The highest BCUT2D eigenvalue weighted by Crippen LogP contribution is 2.10. The molecule has 1 rings (SSSR count). The average molecular weight is 216 g/mol. The minimum Gasteiger partial charge on any atom is -0.481 e. The summed E-state index contributed by atoms with van der Waals surface area (Å²) in [6.45, 7) is 2.67. The van der Waals surface area contributed by atoms with Crippen LogP contribution >= 0.6 is 11.6 Å². The van der Waals surface area contributed by atoms with Crippen LogP contribution in [0.3, 0.4) is 0 Å². The van der Waals surface area contributed by atoms with Gasteiger partial charge < -0.3 is 10.1 Å². The minimum absolute atomic E-state index is 0.575. The maximum atomic E-state index is 5.55. The lowest BCUT2D eigenvalue weighted by Crippen LogP contribution is -2.07. The third-order valence-electron chi connectivity index (χ3n) is 1.63. The lowest BCUT2D eigenvalue weighted by molar-refractivity contribution is 0.397. The van der Waals surface area contributed by atoms with Crippen LogP contribution in [0.25, 0.3) is 0 Å². The molecular weight excluding hydrogens is 202 g/mol. The van der Waals surface area contributed by atoms with Crippen molar-refractivity contribution in [3.63, 3.8) is 0 Å². The molecular formula is C9H14ClN3O. The van der Waals surface area contributed by atoms with Crippen molar-refractivity contribution in [2.24, 2.45) is 0 Å². The molecule has 1 heterocycles. The van der Waals surface area contributed by atoms with Crippen molar-refractivity contribution in [2.75, 3.05) is 24.9 Å². The van der Waals surface area contributed by atoms with Crippen molar-refractivity contribution >= 4 is 17.5 Å². The standard InChI is InChI=1S/C9H14ClN3O/c1-7-6-8(14-2)13-9(12-7)11-5-3-4-10/h6H,3-5H2,1-2H3,(H,11,12,13). The van der Waals surface area contributed by atoms with Gasteiger partial charge in [-0.25, -0.2) is 4.98 Å². The lowest BCUT2D eigenvalue weighted by atomic mass is 10.4. The Kier molecular flexibility index (Phi) is 4.46. The van der Waals surface area contributed by atoms with E-state index < -0.39 is 0 Å². The Morgan fingerprint density at radius 2 is 2.29 bits per heavy atom. The van der Waals surface area contributed by atoms with Crippen molar-refractivity contribution in [1.29, 1.82) is 0 Å². The number of aryl methyl sites for hydroxylation is 1. The van der Waals surface area contributed by atoms with Crippen LogP contribution in [0.2, 0.25) is 0 Å². The van der Waals surface area contributed by atoms with E-state index in [1.165, 1.54) is 0 Å². The number of nitrogens with zero attached hydrogens (tertiary/aromatic N) is 2. The van der Waals surface area contributed by atoms with Crippen LogP contribution in [-0.4, -0.2) is 29.5 Å². The van der Waals surface area contributed by atoms with E-state index in [2.05, 4.69) is 15.3 Å². The summed E-state index contributed by atoms with van der Waals surface area (Å²) < 4.78 is 5.02. The molecule has 1 aromatic heterocycles. The summed E-state index contributed by atoms with van der Waals surface area (Å²) in [6, 6.07) is 1.78. The van der Waals surface area contributed by atoms with Gasteiger partial charge in [-0.2, -0.15) is 4.98 Å².